The molecule has 1 aromatic rings. The van der Waals surface area contributed by atoms with Gasteiger partial charge in [0.05, 0.1) is 6.10 Å². The van der Waals surface area contributed by atoms with Gasteiger partial charge in [-0.2, -0.15) is 0 Å². The molecule has 0 radical (unpaired) electrons. The second-order valence-electron chi connectivity index (χ2n) is 7.13. The van der Waals surface area contributed by atoms with Gasteiger partial charge in [0.2, 0.25) is 0 Å². The maximum Gasteiger partial charge on any atom is 0.123 e. The molecule has 2 bridgehead atoms. The predicted octanol–water partition coefficient (Wildman–Crippen LogP) is 5.28. The van der Waals surface area contributed by atoms with Crippen molar-refractivity contribution in [2.75, 3.05) is 5.75 Å². The maximum absolute atomic E-state index is 13.1. The van der Waals surface area contributed by atoms with E-state index >= 15 is 0 Å². The van der Waals surface area contributed by atoms with Crippen molar-refractivity contribution >= 4 is 20.2 Å². The molecule has 2 aliphatic carbocycles. The third-order valence-corrected chi connectivity index (χ3v) is 9.72. The fourth-order valence-electron chi connectivity index (χ4n) is 4.80. The van der Waals surface area contributed by atoms with E-state index in [-0.39, 0.29) is 11.2 Å². The fraction of sp³-hybridized carbons (Fsp3) is 0.625. The Morgan fingerprint density at radius 3 is 2.60 bits per heavy atom. The number of rotatable bonds is 1. The summed E-state index contributed by atoms with van der Waals surface area (Å²) in [6.07, 6.45) is 3.99. The van der Waals surface area contributed by atoms with Crippen molar-refractivity contribution in [2.24, 2.45) is 16.7 Å². The third-order valence-electron chi connectivity index (χ3n) is 6.24. The van der Waals surface area contributed by atoms with Crippen LogP contribution in [0, 0.1) is 22.6 Å². The molecule has 1 nitrogen and oxygen atoms in total. The minimum Gasteiger partial charge on any atom is -0.315 e. The van der Waals surface area contributed by atoms with Crippen LogP contribution in [0.1, 0.15) is 33.1 Å². The van der Waals surface area contributed by atoms with Crippen molar-refractivity contribution in [1.29, 1.82) is 0 Å². The molecule has 20 heavy (non-hydrogen) atoms. The van der Waals surface area contributed by atoms with E-state index in [2.05, 4.69) is 13.8 Å². The molecule has 1 spiro atoms. The lowest BCUT2D eigenvalue weighted by atomic mass is 9.70. The number of benzene rings is 1. The molecular weight excluding hydrogens is 295 g/mol. The highest BCUT2D eigenvalue weighted by atomic mass is 35.7. The fourth-order valence-corrected chi connectivity index (χ4v) is 8.84. The van der Waals surface area contributed by atoms with E-state index in [1.807, 2.05) is 0 Å². The minimum atomic E-state index is -1.77. The number of hydrogen-bond donors (Lipinski definition) is 0. The van der Waals surface area contributed by atoms with E-state index in [1.54, 1.807) is 12.1 Å². The lowest BCUT2D eigenvalue weighted by molar-refractivity contribution is 0.0735. The van der Waals surface area contributed by atoms with Crippen molar-refractivity contribution in [2.45, 2.75) is 44.1 Å². The average Bonchev–Trinajstić information content (AvgIpc) is 2.90. The molecule has 0 aromatic heterocycles. The van der Waals surface area contributed by atoms with E-state index < -0.39 is 9.52 Å². The van der Waals surface area contributed by atoms with Crippen LogP contribution < -0.4 is 0 Å². The molecule has 1 aromatic carbocycles. The number of halogens is 2. The molecule has 0 amide bonds. The normalized spacial score (nSPS) is 48.0. The van der Waals surface area contributed by atoms with Gasteiger partial charge in [0.1, 0.15) is 5.82 Å². The number of fused-ring (bicyclic) bond motifs is 1. The van der Waals surface area contributed by atoms with Gasteiger partial charge in [0.25, 0.3) is 0 Å². The highest BCUT2D eigenvalue weighted by molar-refractivity contribution is 8.48. The Morgan fingerprint density at radius 2 is 2.00 bits per heavy atom. The first-order valence-corrected chi connectivity index (χ1v) is 9.87. The minimum absolute atomic E-state index is 0.217. The van der Waals surface area contributed by atoms with Crippen LogP contribution in [0.3, 0.4) is 0 Å². The molecule has 110 valence electrons. The second kappa shape index (κ2) is 3.93. The second-order valence-corrected chi connectivity index (χ2v) is 10.8. The van der Waals surface area contributed by atoms with E-state index in [1.165, 1.54) is 25.0 Å². The molecule has 2 saturated carbocycles. The van der Waals surface area contributed by atoms with Crippen molar-refractivity contribution in [3.8, 4) is 0 Å². The Balaban J connectivity index is 1.73. The van der Waals surface area contributed by atoms with Gasteiger partial charge in [-0.25, -0.2) is 4.39 Å². The summed E-state index contributed by atoms with van der Waals surface area (Å²) in [4.78, 5) is 0.976. The Labute approximate surface area is 125 Å². The van der Waals surface area contributed by atoms with Gasteiger partial charge in [0.15, 0.2) is 0 Å². The first kappa shape index (κ1) is 13.4. The largest absolute Gasteiger partial charge is 0.315 e. The molecule has 1 unspecified atom stereocenters. The molecule has 3 aliphatic rings. The van der Waals surface area contributed by atoms with Crippen LogP contribution in [-0.4, -0.2) is 11.9 Å². The maximum atomic E-state index is 13.1. The predicted molar refractivity (Wildman–Crippen MR) is 81.4 cm³/mol. The van der Waals surface area contributed by atoms with Crippen molar-refractivity contribution in [1.82, 2.24) is 0 Å². The van der Waals surface area contributed by atoms with Crippen LogP contribution in [0.25, 0.3) is 0 Å². The zero-order valence-corrected chi connectivity index (χ0v) is 13.4. The summed E-state index contributed by atoms with van der Waals surface area (Å²) in [6, 6.07) is 6.58. The summed E-state index contributed by atoms with van der Waals surface area (Å²) in [5, 5.41) is 0. The summed E-state index contributed by atoms with van der Waals surface area (Å²) < 4.78 is 19.5. The number of hydrogen-bond acceptors (Lipinski definition) is 1. The van der Waals surface area contributed by atoms with Crippen LogP contribution in [-0.2, 0) is 4.18 Å². The quantitative estimate of drug-likeness (QED) is 0.685. The van der Waals surface area contributed by atoms with Gasteiger partial charge in [-0.15, -0.1) is 0 Å². The lowest BCUT2D eigenvalue weighted by Gasteiger charge is -2.37. The smallest absolute Gasteiger partial charge is 0.123 e. The zero-order chi connectivity index (χ0) is 14.2. The molecule has 0 N–H and O–H groups in total. The van der Waals surface area contributed by atoms with Crippen LogP contribution >= 0.6 is 20.2 Å². The summed E-state index contributed by atoms with van der Waals surface area (Å²) in [5.74, 6) is 1.49. The van der Waals surface area contributed by atoms with Crippen LogP contribution in [0.2, 0.25) is 0 Å². The van der Waals surface area contributed by atoms with Gasteiger partial charge in [-0.3, -0.25) is 0 Å². The molecule has 1 aliphatic heterocycles. The molecule has 1 saturated heterocycles. The summed E-state index contributed by atoms with van der Waals surface area (Å²) in [6.45, 7) is 4.78. The van der Waals surface area contributed by atoms with E-state index in [9.17, 15) is 4.39 Å². The summed E-state index contributed by atoms with van der Waals surface area (Å²) in [7, 11) is 5.14. The lowest BCUT2D eigenvalue weighted by Crippen LogP contribution is -2.37. The van der Waals surface area contributed by atoms with Gasteiger partial charge in [-0.1, -0.05) is 13.8 Å². The Bertz CT molecular complexity index is 560. The Morgan fingerprint density at radius 1 is 1.30 bits per heavy atom. The molecular formula is C16H20ClFOS. The van der Waals surface area contributed by atoms with E-state index in [0.29, 0.717) is 11.5 Å². The zero-order valence-electron chi connectivity index (χ0n) is 11.9. The molecule has 1 heterocycles. The standard InChI is InChI=1S/C16H20ClFOS/c1-15(2)11-7-8-16(15)10-20(17,19-14(16)9-11)13-5-3-12(18)4-6-13/h3-6,11,14H,7-10H2,1-2H3/t11-,14-,16-/m1/s1. The third kappa shape index (κ3) is 1.49. The summed E-state index contributed by atoms with van der Waals surface area (Å²) >= 11 is 0. The Hall–Kier alpha value is -0.250. The van der Waals surface area contributed by atoms with Crippen molar-refractivity contribution in [3.05, 3.63) is 30.1 Å². The highest BCUT2D eigenvalue weighted by Crippen LogP contribution is 2.80. The molecule has 4 rings (SSSR count). The molecule has 4 heteroatoms. The van der Waals surface area contributed by atoms with Crippen LogP contribution in [0.5, 0.6) is 0 Å². The molecule has 4 atom stereocenters. The van der Waals surface area contributed by atoms with Gasteiger partial charge >= 0.3 is 0 Å². The van der Waals surface area contributed by atoms with Crippen molar-refractivity contribution < 1.29 is 8.57 Å². The van der Waals surface area contributed by atoms with E-state index in [0.717, 1.165) is 23.0 Å². The Kier molecular flexibility index (Phi) is 2.64. The van der Waals surface area contributed by atoms with Gasteiger partial charge in [0, 0.05) is 16.1 Å². The van der Waals surface area contributed by atoms with E-state index in [4.69, 9.17) is 14.9 Å². The average molecular weight is 315 g/mol. The van der Waals surface area contributed by atoms with Crippen LogP contribution in [0.15, 0.2) is 29.2 Å². The topological polar surface area (TPSA) is 9.23 Å². The first-order chi connectivity index (χ1) is 9.37. The highest BCUT2D eigenvalue weighted by Gasteiger charge is 2.70. The van der Waals surface area contributed by atoms with Gasteiger partial charge in [-0.05, 0) is 75.1 Å². The van der Waals surface area contributed by atoms with Crippen LogP contribution in [0.4, 0.5) is 4.39 Å². The SMILES string of the molecule is CC1(C)[C@@H]2CC[C@]13CS(Cl)(c1ccc(F)cc1)O[C@@H]3C2. The monoisotopic (exact) mass is 314 g/mol. The van der Waals surface area contributed by atoms with Gasteiger partial charge < -0.3 is 4.18 Å². The van der Waals surface area contributed by atoms with Crippen molar-refractivity contribution in [3.63, 3.8) is 0 Å². The summed E-state index contributed by atoms with van der Waals surface area (Å²) in [5.41, 5.74) is 0.560. The molecule has 3 fully saturated rings. The first-order valence-electron chi connectivity index (χ1n) is 7.32.